The molecule has 0 saturated heterocycles. The Morgan fingerprint density at radius 2 is 1.86 bits per heavy atom. The zero-order chi connectivity index (χ0) is 15.2. The van der Waals surface area contributed by atoms with E-state index in [1.165, 1.54) is 0 Å². The average Bonchev–Trinajstić information content (AvgIpc) is 2.50. The van der Waals surface area contributed by atoms with Gasteiger partial charge in [-0.15, -0.1) is 0 Å². The minimum absolute atomic E-state index is 0.0117. The summed E-state index contributed by atoms with van der Waals surface area (Å²) in [6.07, 6.45) is 3.99. The van der Waals surface area contributed by atoms with Crippen molar-refractivity contribution in [2.75, 3.05) is 6.61 Å². The molecule has 0 heterocycles. The molecule has 0 aliphatic carbocycles. The maximum Gasteiger partial charge on any atom is 0.131 e. The minimum atomic E-state index is -0.0117. The SMILES string of the molecule is C/C=C/c1ccc(Oc2ccc(O)cc2)c(C(C)CO)c1. The van der Waals surface area contributed by atoms with Crippen molar-refractivity contribution in [2.24, 2.45) is 0 Å². The number of phenolic OH excluding ortho intramolecular Hbond substituents is 1. The summed E-state index contributed by atoms with van der Waals surface area (Å²) in [5.41, 5.74) is 2.03. The van der Waals surface area contributed by atoms with Crippen molar-refractivity contribution in [1.29, 1.82) is 0 Å². The van der Waals surface area contributed by atoms with Crippen LogP contribution in [0.15, 0.2) is 48.5 Å². The van der Waals surface area contributed by atoms with Gasteiger partial charge >= 0.3 is 0 Å². The van der Waals surface area contributed by atoms with Gasteiger partial charge in [0.1, 0.15) is 17.2 Å². The summed E-state index contributed by atoms with van der Waals surface area (Å²) in [5, 5.41) is 18.7. The molecular weight excluding hydrogens is 264 g/mol. The van der Waals surface area contributed by atoms with Gasteiger partial charge in [0.25, 0.3) is 0 Å². The molecule has 1 unspecified atom stereocenters. The number of hydrogen-bond acceptors (Lipinski definition) is 3. The molecule has 0 aliphatic rings. The Morgan fingerprint density at radius 1 is 1.14 bits per heavy atom. The summed E-state index contributed by atoms with van der Waals surface area (Å²) < 4.78 is 5.87. The van der Waals surface area contributed by atoms with Crippen LogP contribution in [0, 0.1) is 0 Å². The van der Waals surface area contributed by atoms with Gasteiger partial charge in [0.05, 0.1) is 0 Å². The molecule has 0 aliphatic heterocycles. The zero-order valence-corrected chi connectivity index (χ0v) is 12.3. The standard InChI is InChI=1S/C18H20O3/c1-3-4-14-5-10-18(17(11-14)13(2)12-19)21-16-8-6-15(20)7-9-16/h3-11,13,19-20H,12H2,1-2H3/b4-3+. The normalized spacial score (nSPS) is 12.5. The van der Waals surface area contributed by atoms with E-state index in [0.29, 0.717) is 5.75 Å². The van der Waals surface area contributed by atoms with E-state index in [1.807, 2.05) is 44.2 Å². The van der Waals surface area contributed by atoms with Gasteiger partial charge in [-0.25, -0.2) is 0 Å². The van der Waals surface area contributed by atoms with E-state index in [4.69, 9.17) is 4.74 Å². The molecule has 21 heavy (non-hydrogen) atoms. The molecule has 3 heteroatoms. The summed E-state index contributed by atoms with van der Waals surface area (Å²) in [6, 6.07) is 12.5. The highest BCUT2D eigenvalue weighted by Gasteiger charge is 2.12. The van der Waals surface area contributed by atoms with Crippen molar-refractivity contribution in [2.45, 2.75) is 19.8 Å². The number of phenols is 1. The fraction of sp³-hybridized carbons (Fsp3) is 0.222. The maximum absolute atomic E-state index is 9.43. The van der Waals surface area contributed by atoms with Crippen molar-refractivity contribution < 1.29 is 14.9 Å². The Kier molecular flexibility index (Phi) is 5.01. The molecule has 0 fully saturated rings. The number of aliphatic hydroxyl groups excluding tert-OH is 1. The Morgan fingerprint density at radius 3 is 2.48 bits per heavy atom. The number of allylic oxidation sites excluding steroid dienone is 1. The monoisotopic (exact) mass is 284 g/mol. The molecular formula is C18H20O3. The van der Waals surface area contributed by atoms with E-state index in [-0.39, 0.29) is 18.3 Å². The Labute approximate surface area is 125 Å². The molecule has 0 radical (unpaired) electrons. The second-order valence-electron chi connectivity index (χ2n) is 4.98. The van der Waals surface area contributed by atoms with E-state index in [1.54, 1.807) is 24.3 Å². The van der Waals surface area contributed by atoms with Crippen molar-refractivity contribution in [1.82, 2.24) is 0 Å². The van der Waals surface area contributed by atoms with Crippen molar-refractivity contribution in [3.05, 3.63) is 59.7 Å². The largest absolute Gasteiger partial charge is 0.508 e. The molecule has 2 rings (SSSR count). The highest BCUT2D eigenvalue weighted by Crippen LogP contribution is 2.32. The van der Waals surface area contributed by atoms with Crippen LogP contribution in [0.1, 0.15) is 30.9 Å². The molecule has 1 atom stereocenters. The number of aromatic hydroxyl groups is 1. The fourth-order valence-electron chi connectivity index (χ4n) is 2.08. The third-order valence-corrected chi connectivity index (χ3v) is 3.26. The highest BCUT2D eigenvalue weighted by molar-refractivity contribution is 5.54. The summed E-state index contributed by atoms with van der Waals surface area (Å²) in [7, 11) is 0. The molecule has 2 aromatic carbocycles. The van der Waals surface area contributed by atoms with Crippen LogP contribution in [0.5, 0.6) is 17.2 Å². The molecule has 110 valence electrons. The molecule has 2 N–H and O–H groups in total. The zero-order valence-electron chi connectivity index (χ0n) is 12.3. The topological polar surface area (TPSA) is 49.7 Å². The number of benzene rings is 2. The van der Waals surface area contributed by atoms with Gasteiger partial charge in [0.15, 0.2) is 0 Å². The first-order chi connectivity index (χ1) is 10.1. The Hall–Kier alpha value is -2.26. The lowest BCUT2D eigenvalue weighted by Crippen LogP contribution is -2.02. The molecule has 0 saturated carbocycles. The molecule has 0 bridgehead atoms. The van der Waals surface area contributed by atoms with Crippen LogP contribution in [0.4, 0.5) is 0 Å². The van der Waals surface area contributed by atoms with Crippen molar-refractivity contribution in [3.63, 3.8) is 0 Å². The third kappa shape index (κ3) is 3.86. The first-order valence-electron chi connectivity index (χ1n) is 6.98. The van der Waals surface area contributed by atoms with Crippen LogP contribution in [0.25, 0.3) is 6.08 Å². The second-order valence-corrected chi connectivity index (χ2v) is 4.98. The lowest BCUT2D eigenvalue weighted by atomic mass is 9.98. The molecule has 2 aromatic rings. The number of hydrogen-bond donors (Lipinski definition) is 2. The average molecular weight is 284 g/mol. The molecule has 0 amide bonds. The minimum Gasteiger partial charge on any atom is -0.508 e. The van der Waals surface area contributed by atoms with Gasteiger partial charge in [-0.1, -0.05) is 25.1 Å². The Bertz CT molecular complexity index is 615. The Balaban J connectivity index is 2.35. The number of rotatable bonds is 5. The van der Waals surface area contributed by atoms with Gasteiger partial charge in [-0.3, -0.25) is 0 Å². The van der Waals surface area contributed by atoms with Crippen LogP contribution < -0.4 is 4.74 Å². The molecule has 0 spiro atoms. The van der Waals surface area contributed by atoms with Crippen LogP contribution in [-0.4, -0.2) is 16.8 Å². The van der Waals surface area contributed by atoms with Crippen molar-refractivity contribution in [3.8, 4) is 17.2 Å². The van der Waals surface area contributed by atoms with Crippen molar-refractivity contribution >= 4 is 6.08 Å². The van der Waals surface area contributed by atoms with Gasteiger partial charge in [0.2, 0.25) is 0 Å². The smallest absolute Gasteiger partial charge is 0.131 e. The van der Waals surface area contributed by atoms with Gasteiger partial charge in [0, 0.05) is 18.1 Å². The first kappa shape index (κ1) is 15.1. The summed E-state index contributed by atoms with van der Waals surface area (Å²) in [4.78, 5) is 0. The predicted octanol–water partition coefficient (Wildman–Crippen LogP) is 4.31. The van der Waals surface area contributed by atoms with Gasteiger partial charge < -0.3 is 14.9 Å². The van der Waals surface area contributed by atoms with E-state index < -0.39 is 0 Å². The van der Waals surface area contributed by atoms with E-state index in [9.17, 15) is 10.2 Å². The van der Waals surface area contributed by atoms with Gasteiger partial charge in [-0.05, 0) is 48.9 Å². The molecule has 3 nitrogen and oxygen atoms in total. The lowest BCUT2D eigenvalue weighted by Gasteiger charge is -2.16. The lowest BCUT2D eigenvalue weighted by molar-refractivity contribution is 0.271. The van der Waals surface area contributed by atoms with E-state index >= 15 is 0 Å². The summed E-state index contributed by atoms with van der Waals surface area (Å²) in [6.45, 7) is 3.99. The number of ether oxygens (including phenoxy) is 1. The summed E-state index contributed by atoms with van der Waals surface area (Å²) >= 11 is 0. The fourth-order valence-corrected chi connectivity index (χ4v) is 2.08. The van der Waals surface area contributed by atoms with E-state index in [2.05, 4.69) is 0 Å². The molecule has 0 aromatic heterocycles. The van der Waals surface area contributed by atoms with E-state index in [0.717, 1.165) is 16.9 Å². The highest BCUT2D eigenvalue weighted by atomic mass is 16.5. The van der Waals surface area contributed by atoms with Crippen LogP contribution >= 0.6 is 0 Å². The first-order valence-corrected chi connectivity index (χ1v) is 6.98. The van der Waals surface area contributed by atoms with Gasteiger partial charge in [-0.2, -0.15) is 0 Å². The van der Waals surface area contributed by atoms with Crippen LogP contribution in [0.3, 0.4) is 0 Å². The second kappa shape index (κ2) is 6.95. The summed E-state index contributed by atoms with van der Waals surface area (Å²) in [5.74, 6) is 1.56. The van der Waals surface area contributed by atoms with Crippen LogP contribution in [0.2, 0.25) is 0 Å². The predicted molar refractivity (Wildman–Crippen MR) is 84.8 cm³/mol. The van der Waals surface area contributed by atoms with Crippen LogP contribution in [-0.2, 0) is 0 Å². The maximum atomic E-state index is 9.43. The quantitative estimate of drug-likeness (QED) is 0.860. The number of aliphatic hydroxyl groups is 1. The third-order valence-electron chi connectivity index (χ3n) is 3.26.